The number of hydrogen-bond donors (Lipinski definition) is 0. The van der Waals surface area contributed by atoms with Crippen molar-refractivity contribution < 1.29 is 13.2 Å². The molecule has 0 aromatic heterocycles. The lowest BCUT2D eigenvalue weighted by atomic mass is 10.0. The first kappa shape index (κ1) is 16.7. The summed E-state index contributed by atoms with van der Waals surface area (Å²) in [4.78, 5) is 5.19. The van der Waals surface area contributed by atoms with Crippen LogP contribution in [0.3, 0.4) is 0 Å². The Labute approximate surface area is 139 Å². The normalized spacial score (nSPS) is 23.9. The summed E-state index contributed by atoms with van der Waals surface area (Å²) in [7, 11) is -3.14. The molecule has 0 aliphatic carbocycles. The predicted molar refractivity (Wildman–Crippen MR) is 91.7 cm³/mol. The Morgan fingerprint density at radius 3 is 2.65 bits per heavy atom. The van der Waals surface area contributed by atoms with Crippen molar-refractivity contribution >= 4 is 15.5 Å². The van der Waals surface area contributed by atoms with Gasteiger partial charge < -0.3 is 9.64 Å². The predicted octanol–water partition coefficient (Wildman–Crippen LogP) is 1.64. The molecule has 2 aliphatic rings. The van der Waals surface area contributed by atoms with Gasteiger partial charge in [0, 0.05) is 51.3 Å². The Morgan fingerprint density at radius 1 is 1.22 bits per heavy atom. The van der Waals surface area contributed by atoms with Crippen LogP contribution >= 0.6 is 0 Å². The van der Waals surface area contributed by atoms with E-state index in [2.05, 4.69) is 9.80 Å². The summed E-state index contributed by atoms with van der Waals surface area (Å²) in [5.74, 6) is 0.670. The van der Waals surface area contributed by atoms with Crippen LogP contribution in [0.4, 0.5) is 5.69 Å². The minimum absolute atomic E-state index is 0.400. The molecule has 1 aromatic carbocycles. The van der Waals surface area contributed by atoms with Gasteiger partial charge in [0.1, 0.15) is 0 Å². The molecule has 0 saturated carbocycles. The molecule has 23 heavy (non-hydrogen) atoms. The van der Waals surface area contributed by atoms with Crippen molar-refractivity contribution in [1.82, 2.24) is 4.90 Å². The second-order valence-corrected chi connectivity index (χ2v) is 8.66. The molecule has 2 heterocycles. The zero-order valence-corrected chi connectivity index (χ0v) is 14.6. The van der Waals surface area contributed by atoms with Gasteiger partial charge in [0.25, 0.3) is 0 Å². The van der Waals surface area contributed by atoms with E-state index < -0.39 is 9.84 Å². The number of anilines is 1. The molecule has 0 amide bonds. The number of piperazine rings is 1. The Morgan fingerprint density at radius 2 is 2.00 bits per heavy atom. The molecule has 1 aromatic rings. The van der Waals surface area contributed by atoms with Crippen molar-refractivity contribution in [1.29, 1.82) is 0 Å². The molecule has 2 aliphatic heterocycles. The molecule has 0 bridgehead atoms. The van der Waals surface area contributed by atoms with Gasteiger partial charge in [-0.2, -0.15) is 0 Å². The standard InChI is InChI=1S/C17H26N2O3S/c1-23(20,21)17-6-2-5-16(12-17)19-9-7-18(8-10-19)13-15-4-3-11-22-14-15/h2,5-6,12,15H,3-4,7-11,13-14H2,1H3. The first-order valence-electron chi connectivity index (χ1n) is 8.37. The molecule has 128 valence electrons. The smallest absolute Gasteiger partial charge is 0.175 e. The first-order chi connectivity index (χ1) is 11.0. The lowest BCUT2D eigenvalue weighted by Gasteiger charge is -2.38. The van der Waals surface area contributed by atoms with Gasteiger partial charge in [0.05, 0.1) is 11.5 Å². The second-order valence-electron chi connectivity index (χ2n) is 6.64. The van der Waals surface area contributed by atoms with Crippen LogP contribution in [-0.4, -0.2) is 65.5 Å². The lowest BCUT2D eigenvalue weighted by molar-refractivity contribution is 0.0377. The fourth-order valence-corrected chi connectivity index (χ4v) is 4.08. The molecule has 5 nitrogen and oxygen atoms in total. The maximum Gasteiger partial charge on any atom is 0.175 e. The fourth-order valence-electron chi connectivity index (χ4n) is 3.42. The van der Waals surface area contributed by atoms with Crippen LogP contribution in [0, 0.1) is 5.92 Å². The molecule has 2 saturated heterocycles. The summed E-state index contributed by atoms with van der Waals surface area (Å²) < 4.78 is 29.0. The molecule has 1 unspecified atom stereocenters. The van der Waals surface area contributed by atoms with Crippen LogP contribution in [0.15, 0.2) is 29.2 Å². The Hall–Kier alpha value is -1.11. The van der Waals surface area contributed by atoms with Gasteiger partial charge in [-0.05, 0) is 37.0 Å². The van der Waals surface area contributed by atoms with Gasteiger partial charge in [-0.1, -0.05) is 6.07 Å². The van der Waals surface area contributed by atoms with E-state index >= 15 is 0 Å². The second kappa shape index (κ2) is 7.20. The molecular weight excluding hydrogens is 312 g/mol. The number of nitrogens with zero attached hydrogens (tertiary/aromatic N) is 2. The van der Waals surface area contributed by atoms with E-state index in [-0.39, 0.29) is 0 Å². The maximum atomic E-state index is 11.7. The number of benzene rings is 1. The highest BCUT2D eigenvalue weighted by molar-refractivity contribution is 7.90. The van der Waals surface area contributed by atoms with Gasteiger partial charge in [-0.25, -0.2) is 8.42 Å². The number of sulfone groups is 1. The van der Waals surface area contributed by atoms with E-state index in [1.807, 2.05) is 12.1 Å². The van der Waals surface area contributed by atoms with Crippen LogP contribution in [0.25, 0.3) is 0 Å². The summed E-state index contributed by atoms with van der Waals surface area (Å²) in [6, 6.07) is 7.29. The molecule has 0 radical (unpaired) electrons. The third-order valence-electron chi connectivity index (χ3n) is 4.75. The van der Waals surface area contributed by atoms with E-state index in [4.69, 9.17) is 4.74 Å². The third kappa shape index (κ3) is 4.46. The highest BCUT2D eigenvalue weighted by Gasteiger charge is 2.22. The van der Waals surface area contributed by atoms with Crippen LogP contribution in [0.2, 0.25) is 0 Å². The summed E-state index contributed by atoms with van der Waals surface area (Å²) >= 11 is 0. The van der Waals surface area contributed by atoms with Crippen LogP contribution < -0.4 is 4.90 Å². The number of ether oxygens (including phenoxy) is 1. The van der Waals surface area contributed by atoms with Gasteiger partial charge >= 0.3 is 0 Å². The minimum atomic E-state index is -3.14. The van der Waals surface area contributed by atoms with Crippen molar-refractivity contribution in [2.75, 3.05) is 57.1 Å². The average Bonchev–Trinajstić information content (AvgIpc) is 2.56. The molecule has 1 atom stereocenters. The van der Waals surface area contributed by atoms with Crippen molar-refractivity contribution in [2.45, 2.75) is 17.7 Å². The van der Waals surface area contributed by atoms with Crippen LogP contribution in [0.5, 0.6) is 0 Å². The number of hydrogen-bond acceptors (Lipinski definition) is 5. The first-order valence-corrected chi connectivity index (χ1v) is 10.3. The van der Waals surface area contributed by atoms with Gasteiger partial charge in [-0.3, -0.25) is 4.90 Å². The van der Waals surface area contributed by atoms with Crippen molar-refractivity contribution in [3.05, 3.63) is 24.3 Å². The molecule has 3 rings (SSSR count). The monoisotopic (exact) mass is 338 g/mol. The van der Waals surface area contributed by atoms with Gasteiger partial charge in [-0.15, -0.1) is 0 Å². The summed E-state index contributed by atoms with van der Waals surface area (Å²) in [5, 5.41) is 0. The Kier molecular flexibility index (Phi) is 5.24. The van der Waals surface area contributed by atoms with Crippen LogP contribution in [0.1, 0.15) is 12.8 Å². The fraction of sp³-hybridized carbons (Fsp3) is 0.647. The highest BCUT2D eigenvalue weighted by Crippen LogP contribution is 2.22. The number of rotatable bonds is 4. The quantitative estimate of drug-likeness (QED) is 0.835. The molecule has 0 N–H and O–H groups in total. The summed E-state index contributed by atoms with van der Waals surface area (Å²) in [5.41, 5.74) is 1.01. The van der Waals surface area contributed by atoms with Crippen molar-refractivity contribution in [3.63, 3.8) is 0 Å². The zero-order valence-electron chi connectivity index (χ0n) is 13.8. The third-order valence-corrected chi connectivity index (χ3v) is 5.86. The van der Waals surface area contributed by atoms with Crippen molar-refractivity contribution in [2.24, 2.45) is 5.92 Å². The van der Waals surface area contributed by atoms with E-state index in [1.165, 1.54) is 19.1 Å². The van der Waals surface area contributed by atoms with E-state index in [1.54, 1.807) is 12.1 Å². The van der Waals surface area contributed by atoms with E-state index in [0.29, 0.717) is 10.8 Å². The van der Waals surface area contributed by atoms with Gasteiger partial charge in [0.2, 0.25) is 0 Å². The summed E-state index contributed by atoms with van der Waals surface area (Å²) in [6.45, 7) is 6.88. The molecule has 6 heteroatoms. The Bertz CT molecular complexity index is 618. The molecule has 0 spiro atoms. The largest absolute Gasteiger partial charge is 0.381 e. The van der Waals surface area contributed by atoms with Crippen LogP contribution in [-0.2, 0) is 14.6 Å². The topological polar surface area (TPSA) is 49.9 Å². The average molecular weight is 338 g/mol. The Balaban J connectivity index is 1.56. The lowest BCUT2D eigenvalue weighted by Crippen LogP contribution is -2.48. The molecular formula is C17H26N2O3S. The highest BCUT2D eigenvalue weighted by atomic mass is 32.2. The van der Waals surface area contributed by atoms with E-state index in [0.717, 1.165) is 51.6 Å². The van der Waals surface area contributed by atoms with Gasteiger partial charge in [0.15, 0.2) is 9.84 Å². The SMILES string of the molecule is CS(=O)(=O)c1cccc(N2CCN(CC3CCCOC3)CC2)c1. The minimum Gasteiger partial charge on any atom is -0.381 e. The van der Waals surface area contributed by atoms with Crippen molar-refractivity contribution in [3.8, 4) is 0 Å². The molecule has 2 fully saturated rings. The van der Waals surface area contributed by atoms with E-state index in [9.17, 15) is 8.42 Å². The maximum absolute atomic E-state index is 11.7. The zero-order chi connectivity index (χ0) is 16.3. The summed E-state index contributed by atoms with van der Waals surface area (Å²) in [6.07, 6.45) is 3.72.